The van der Waals surface area contributed by atoms with Gasteiger partial charge in [-0.05, 0) is 42.7 Å². The summed E-state index contributed by atoms with van der Waals surface area (Å²) in [7, 11) is 0. The lowest BCUT2D eigenvalue weighted by molar-refractivity contribution is 0.0693. The van der Waals surface area contributed by atoms with Crippen molar-refractivity contribution >= 4 is 28.5 Å². The van der Waals surface area contributed by atoms with Crippen LogP contribution in [0, 0.1) is 13.8 Å². The predicted octanol–water partition coefficient (Wildman–Crippen LogP) is 4.43. The van der Waals surface area contributed by atoms with E-state index in [1.54, 1.807) is 31.2 Å². The van der Waals surface area contributed by atoms with Gasteiger partial charge in [0.05, 0.1) is 0 Å². The van der Waals surface area contributed by atoms with Gasteiger partial charge < -0.3 is 9.52 Å². The molecule has 1 N–H and O–H groups in total. The van der Waals surface area contributed by atoms with Crippen molar-refractivity contribution in [3.63, 3.8) is 0 Å². The third kappa shape index (κ3) is 2.51. The van der Waals surface area contributed by atoms with Crippen molar-refractivity contribution in [1.82, 2.24) is 0 Å². The van der Waals surface area contributed by atoms with Crippen LogP contribution in [0.25, 0.3) is 22.1 Å². The van der Waals surface area contributed by atoms with E-state index in [9.17, 15) is 14.7 Å². The average Bonchev–Trinajstić information content (AvgIpc) is 2.48. The fourth-order valence-corrected chi connectivity index (χ4v) is 2.81. The molecule has 0 spiro atoms. The normalized spacial score (nSPS) is 10.9. The van der Waals surface area contributed by atoms with Gasteiger partial charge in [-0.1, -0.05) is 35.9 Å². The number of aryl methyl sites for hydroxylation is 2. The van der Waals surface area contributed by atoms with E-state index in [0.29, 0.717) is 27.1 Å². The van der Waals surface area contributed by atoms with E-state index in [4.69, 9.17) is 16.0 Å². The highest BCUT2D eigenvalue weighted by Gasteiger charge is 2.23. The smallest absolute Gasteiger partial charge is 0.351 e. The Morgan fingerprint density at radius 1 is 1.13 bits per heavy atom. The maximum atomic E-state index is 12.2. The fraction of sp³-hybridized carbons (Fsp3) is 0.111. The zero-order chi connectivity index (χ0) is 16.7. The number of aromatic carboxylic acids is 1. The van der Waals surface area contributed by atoms with Gasteiger partial charge in [-0.25, -0.2) is 9.59 Å². The second-order valence-corrected chi connectivity index (χ2v) is 5.76. The number of hydrogen-bond donors (Lipinski definition) is 1. The summed E-state index contributed by atoms with van der Waals surface area (Å²) in [6.07, 6.45) is 0. The maximum absolute atomic E-state index is 12.2. The molecule has 0 radical (unpaired) electrons. The van der Waals surface area contributed by atoms with Crippen molar-refractivity contribution < 1.29 is 14.3 Å². The minimum absolute atomic E-state index is 0.320. The van der Waals surface area contributed by atoms with Gasteiger partial charge in [-0.15, -0.1) is 0 Å². The van der Waals surface area contributed by atoms with Crippen LogP contribution in [0.4, 0.5) is 0 Å². The molecule has 0 unspecified atom stereocenters. The summed E-state index contributed by atoms with van der Waals surface area (Å²) < 4.78 is 5.20. The average molecular weight is 329 g/mol. The summed E-state index contributed by atoms with van der Waals surface area (Å²) >= 11 is 6.19. The highest BCUT2D eigenvalue weighted by atomic mass is 35.5. The second-order valence-electron chi connectivity index (χ2n) is 5.36. The van der Waals surface area contributed by atoms with Crippen LogP contribution < -0.4 is 5.63 Å². The van der Waals surface area contributed by atoms with Crippen molar-refractivity contribution in [3.05, 3.63) is 68.5 Å². The second kappa shape index (κ2) is 5.56. The molecule has 0 saturated heterocycles. The lowest BCUT2D eigenvalue weighted by Crippen LogP contribution is -2.16. The van der Waals surface area contributed by atoms with Gasteiger partial charge in [0.15, 0.2) is 5.56 Å². The van der Waals surface area contributed by atoms with Gasteiger partial charge in [0.1, 0.15) is 5.58 Å². The number of carboxylic acid groups (broad SMARTS) is 1. The molecule has 3 rings (SSSR count). The monoisotopic (exact) mass is 328 g/mol. The molecule has 3 aromatic rings. The molecule has 2 aromatic carbocycles. The first kappa shape index (κ1) is 15.3. The highest BCUT2D eigenvalue weighted by Crippen LogP contribution is 2.35. The Bertz CT molecular complexity index is 1000. The number of hydrogen-bond acceptors (Lipinski definition) is 3. The predicted molar refractivity (Wildman–Crippen MR) is 89.4 cm³/mol. The van der Waals surface area contributed by atoms with Gasteiger partial charge in [0.2, 0.25) is 0 Å². The first-order valence-electron chi connectivity index (χ1n) is 6.96. The molecule has 0 fully saturated rings. The van der Waals surface area contributed by atoms with Gasteiger partial charge in [-0.2, -0.15) is 0 Å². The molecular formula is C18H13ClO4. The molecule has 0 saturated carbocycles. The lowest BCUT2D eigenvalue weighted by atomic mass is 9.93. The zero-order valence-corrected chi connectivity index (χ0v) is 13.3. The van der Waals surface area contributed by atoms with E-state index < -0.39 is 11.6 Å². The Hall–Kier alpha value is -2.59. The topological polar surface area (TPSA) is 67.5 Å². The summed E-state index contributed by atoms with van der Waals surface area (Å²) in [5.74, 6) is -1.32. The van der Waals surface area contributed by atoms with E-state index in [1.165, 1.54) is 0 Å². The van der Waals surface area contributed by atoms with Crippen LogP contribution in [-0.2, 0) is 0 Å². The molecule has 0 aliphatic rings. The standard InChI is InChI=1S/C18H13ClO4/c1-9-5-3-4-6-11(9)15-12-8-13(19)10(2)7-14(12)23-18(22)16(15)17(20)21/h3-8H,1-2H3,(H,20,21). The van der Waals surface area contributed by atoms with E-state index >= 15 is 0 Å². The van der Waals surface area contributed by atoms with E-state index in [-0.39, 0.29) is 5.56 Å². The minimum Gasteiger partial charge on any atom is -0.477 e. The highest BCUT2D eigenvalue weighted by molar-refractivity contribution is 6.32. The molecule has 0 aliphatic carbocycles. The number of rotatable bonds is 2. The number of halogens is 1. The molecular weight excluding hydrogens is 316 g/mol. The first-order chi connectivity index (χ1) is 10.9. The summed E-state index contributed by atoms with van der Waals surface area (Å²) in [6.45, 7) is 3.65. The summed E-state index contributed by atoms with van der Waals surface area (Å²) in [5, 5.41) is 10.5. The molecule has 1 aromatic heterocycles. The summed E-state index contributed by atoms with van der Waals surface area (Å²) in [4.78, 5) is 23.8. The van der Waals surface area contributed by atoms with Crippen LogP contribution in [0.1, 0.15) is 21.5 Å². The number of carbonyl (C=O) groups is 1. The Morgan fingerprint density at radius 2 is 1.83 bits per heavy atom. The number of benzene rings is 2. The Morgan fingerprint density at radius 3 is 2.48 bits per heavy atom. The molecule has 1 heterocycles. The van der Waals surface area contributed by atoms with Crippen molar-refractivity contribution in [2.75, 3.05) is 0 Å². The largest absolute Gasteiger partial charge is 0.477 e. The molecule has 23 heavy (non-hydrogen) atoms. The van der Waals surface area contributed by atoms with Crippen LogP contribution >= 0.6 is 11.6 Å². The molecule has 0 bridgehead atoms. The molecule has 4 nitrogen and oxygen atoms in total. The third-order valence-electron chi connectivity index (χ3n) is 3.82. The van der Waals surface area contributed by atoms with Crippen molar-refractivity contribution in [3.8, 4) is 11.1 Å². The maximum Gasteiger partial charge on any atom is 0.351 e. The van der Waals surface area contributed by atoms with Crippen molar-refractivity contribution in [2.24, 2.45) is 0 Å². The summed E-state index contributed by atoms with van der Waals surface area (Å²) in [6, 6.07) is 10.6. The Balaban J connectivity index is 2.58. The van der Waals surface area contributed by atoms with Crippen molar-refractivity contribution in [1.29, 1.82) is 0 Å². The van der Waals surface area contributed by atoms with E-state index in [2.05, 4.69) is 0 Å². The third-order valence-corrected chi connectivity index (χ3v) is 4.22. The van der Waals surface area contributed by atoms with E-state index in [0.717, 1.165) is 11.1 Å². The van der Waals surface area contributed by atoms with Crippen LogP contribution in [-0.4, -0.2) is 11.1 Å². The van der Waals surface area contributed by atoms with Crippen LogP contribution in [0.3, 0.4) is 0 Å². The van der Waals surface area contributed by atoms with Crippen molar-refractivity contribution in [2.45, 2.75) is 13.8 Å². The van der Waals surface area contributed by atoms with Crippen LogP contribution in [0.2, 0.25) is 5.02 Å². The molecule has 116 valence electrons. The molecule has 0 amide bonds. The van der Waals surface area contributed by atoms with Gasteiger partial charge in [0.25, 0.3) is 0 Å². The fourth-order valence-electron chi connectivity index (χ4n) is 2.65. The Labute approximate surface area is 136 Å². The molecule has 0 aliphatic heterocycles. The first-order valence-corrected chi connectivity index (χ1v) is 7.34. The SMILES string of the molecule is Cc1cc2oc(=O)c(C(=O)O)c(-c3ccccc3C)c2cc1Cl. The quantitative estimate of drug-likeness (QED) is 0.707. The summed E-state index contributed by atoms with van der Waals surface area (Å²) in [5.41, 5.74) is 1.68. The minimum atomic E-state index is -1.32. The Kier molecular flexibility index (Phi) is 3.70. The number of fused-ring (bicyclic) bond motifs is 1. The lowest BCUT2D eigenvalue weighted by Gasteiger charge is -2.12. The zero-order valence-electron chi connectivity index (χ0n) is 12.5. The van der Waals surface area contributed by atoms with Crippen LogP contribution in [0.5, 0.6) is 0 Å². The number of carboxylic acids is 1. The van der Waals surface area contributed by atoms with Gasteiger partial charge >= 0.3 is 11.6 Å². The van der Waals surface area contributed by atoms with E-state index in [1.807, 2.05) is 19.1 Å². The van der Waals surface area contributed by atoms with Gasteiger partial charge in [-0.3, -0.25) is 0 Å². The van der Waals surface area contributed by atoms with Crippen LogP contribution in [0.15, 0.2) is 45.6 Å². The molecule has 0 atom stereocenters. The molecule has 5 heteroatoms. The van der Waals surface area contributed by atoms with Gasteiger partial charge in [0, 0.05) is 16.0 Å².